The Balaban J connectivity index is 1.85. The molecular formula is C18H17N3. The molecule has 2 aromatic carbocycles. The number of aromatic nitrogens is 2. The summed E-state index contributed by atoms with van der Waals surface area (Å²) in [7, 11) is 0. The second-order valence-corrected chi connectivity index (χ2v) is 5.40. The average molecular weight is 275 g/mol. The maximum atomic E-state index is 4.16. The number of hydrogen-bond donors (Lipinski definition) is 0. The van der Waals surface area contributed by atoms with E-state index in [1.807, 2.05) is 18.7 Å². The number of anilines is 2. The van der Waals surface area contributed by atoms with Crippen molar-refractivity contribution in [3.63, 3.8) is 0 Å². The van der Waals surface area contributed by atoms with E-state index in [0.717, 1.165) is 19.5 Å². The van der Waals surface area contributed by atoms with Crippen molar-refractivity contribution >= 4 is 11.4 Å². The Bertz CT molecular complexity index is 699. The molecule has 3 heteroatoms. The van der Waals surface area contributed by atoms with Gasteiger partial charge in [-0.05, 0) is 36.1 Å². The van der Waals surface area contributed by atoms with Gasteiger partial charge in [0.15, 0.2) is 0 Å². The number of nitrogens with zero attached hydrogens (tertiary/aromatic N) is 3. The van der Waals surface area contributed by atoms with E-state index in [2.05, 4.69) is 63.0 Å². The molecule has 0 bridgehead atoms. The minimum Gasteiger partial charge on any atom is -0.322 e. The summed E-state index contributed by atoms with van der Waals surface area (Å²) < 4.78 is 2.11. The molecular weight excluding hydrogens is 258 g/mol. The summed E-state index contributed by atoms with van der Waals surface area (Å²) in [6.07, 6.45) is 7.89. The highest BCUT2D eigenvalue weighted by atomic mass is 15.3. The maximum Gasteiger partial charge on any atom is 0.100 e. The molecule has 0 N–H and O–H groups in total. The molecule has 3 aromatic rings. The quantitative estimate of drug-likeness (QED) is 0.709. The molecule has 0 fully saturated rings. The fourth-order valence-corrected chi connectivity index (χ4v) is 3.06. The molecule has 0 atom stereocenters. The van der Waals surface area contributed by atoms with Gasteiger partial charge in [0, 0.05) is 23.8 Å². The third kappa shape index (κ3) is 2.21. The number of fused-ring (bicyclic) bond motifs is 2. The van der Waals surface area contributed by atoms with Crippen molar-refractivity contribution in [2.45, 2.75) is 19.5 Å². The molecule has 0 unspecified atom stereocenters. The lowest BCUT2D eigenvalue weighted by Crippen LogP contribution is -2.21. The normalized spacial score (nSPS) is 13.4. The number of rotatable bonds is 2. The van der Waals surface area contributed by atoms with E-state index in [-0.39, 0.29) is 0 Å². The van der Waals surface area contributed by atoms with E-state index in [9.17, 15) is 0 Å². The topological polar surface area (TPSA) is 21.1 Å². The van der Waals surface area contributed by atoms with Gasteiger partial charge in [-0.3, -0.25) is 0 Å². The number of para-hydroxylation sites is 2. The molecule has 0 amide bonds. The maximum absolute atomic E-state index is 4.16. The van der Waals surface area contributed by atoms with Gasteiger partial charge in [-0.2, -0.15) is 0 Å². The van der Waals surface area contributed by atoms with Gasteiger partial charge in [-0.15, -0.1) is 0 Å². The van der Waals surface area contributed by atoms with E-state index < -0.39 is 0 Å². The number of hydrogen-bond acceptors (Lipinski definition) is 2. The van der Waals surface area contributed by atoms with Crippen LogP contribution in [0.5, 0.6) is 0 Å². The van der Waals surface area contributed by atoms with Crippen molar-refractivity contribution < 1.29 is 0 Å². The smallest absolute Gasteiger partial charge is 0.100 e. The first-order chi connectivity index (χ1) is 10.4. The Hall–Kier alpha value is -2.55. The summed E-state index contributed by atoms with van der Waals surface area (Å²) in [5.41, 5.74) is 5.43. The highest BCUT2D eigenvalue weighted by Gasteiger charge is 2.19. The van der Waals surface area contributed by atoms with Crippen LogP contribution in [0.2, 0.25) is 0 Å². The highest BCUT2D eigenvalue weighted by Crippen LogP contribution is 2.36. The van der Waals surface area contributed by atoms with Crippen LogP contribution in [-0.2, 0) is 19.5 Å². The summed E-state index contributed by atoms with van der Waals surface area (Å²) >= 11 is 0. The molecule has 0 aliphatic carbocycles. The van der Waals surface area contributed by atoms with Crippen LogP contribution in [0.4, 0.5) is 11.4 Å². The van der Waals surface area contributed by atoms with Crippen molar-refractivity contribution in [2.24, 2.45) is 0 Å². The standard InChI is InChI=1S/C18H17N3/c1-3-7-17-15(5-1)9-10-16-6-2-4-8-18(16)21(17)14-20-12-11-19-13-20/h1-8,11-13H,9-10,14H2. The molecule has 0 saturated carbocycles. The lowest BCUT2D eigenvalue weighted by molar-refractivity contribution is 0.705. The zero-order valence-corrected chi connectivity index (χ0v) is 11.8. The van der Waals surface area contributed by atoms with E-state index in [0.29, 0.717) is 0 Å². The average Bonchev–Trinajstić information content (AvgIpc) is 2.99. The van der Waals surface area contributed by atoms with E-state index in [1.165, 1.54) is 22.5 Å². The van der Waals surface area contributed by atoms with Crippen molar-refractivity contribution in [2.75, 3.05) is 4.90 Å². The van der Waals surface area contributed by atoms with Crippen LogP contribution in [-0.4, -0.2) is 9.55 Å². The number of imidazole rings is 1. The fraction of sp³-hybridized carbons (Fsp3) is 0.167. The van der Waals surface area contributed by atoms with Crippen LogP contribution >= 0.6 is 0 Å². The van der Waals surface area contributed by atoms with Crippen molar-refractivity contribution in [3.8, 4) is 0 Å². The van der Waals surface area contributed by atoms with Crippen LogP contribution in [0, 0.1) is 0 Å². The molecule has 1 aliphatic rings. The molecule has 1 aromatic heterocycles. The molecule has 4 rings (SSSR count). The molecule has 0 saturated heterocycles. The summed E-state index contributed by atoms with van der Waals surface area (Å²) in [6, 6.07) is 17.4. The van der Waals surface area contributed by atoms with E-state index in [1.54, 1.807) is 0 Å². The Morgan fingerprint density at radius 1 is 0.857 bits per heavy atom. The predicted molar refractivity (Wildman–Crippen MR) is 84.7 cm³/mol. The monoisotopic (exact) mass is 275 g/mol. The van der Waals surface area contributed by atoms with Gasteiger partial charge >= 0.3 is 0 Å². The largest absolute Gasteiger partial charge is 0.322 e. The minimum absolute atomic E-state index is 0.786. The van der Waals surface area contributed by atoms with E-state index >= 15 is 0 Å². The highest BCUT2D eigenvalue weighted by molar-refractivity contribution is 5.70. The van der Waals surface area contributed by atoms with Crippen LogP contribution in [0.25, 0.3) is 0 Å². The van der Waals surface area contributed by atoms with Crippen LogP contribution in [0.3, 0.4) is 0 Å². The number of benzene rings is 2. The van der Waals surface area contributed by atoms with Gasteiger partial charge in [0.05, 0.1) is 6.33 Å². The Morgan fingerprint density at radius 3 is 2.05 bits per heavy atom. The molecule has 3 nitrogen and oxygen atoms in total. The number of aryl methyl sites for hydroxylation is 2. The van der Waals surface area contributed by atoms with Crippen LogP contribution in [0.1, 0.15) is 11.1 Å². The van der Waals surface area contributed by atoms with Crippen LogP contribution < -0.4 is 4.90 Å². The molecule has 21 heavy (non-hydrogen) atoms. The Morgan fingerprint density at radius 2 is 1.48 bits per heavy atom. The third-order valence-corrected chi connectivity index (χ3v) is 4.09. The lowest BCUT2D eigenvalue weighted by Gasteiger charge is -2.27. The first-order valence-corrected chi connectivity index (χ1v) is 7.31. The second kappa shape index (κ2) is 5.09. The van der Waals surface area contributed by atoms with Crippen molar-refractivity contribution in [1.29, 1.82) is 0 Å². The molecule has 0 spiro atoms. The zero-order valence-electron chi connectivity index (χ0n) is 11.8. The summed E-state index contributed by atoms with van der Waals surface area (Å²) in [5.74, 6) is 0. The first-order valence-electron chi connectivity index (χ1n) is 7.31. The van der Waals surface area contributed by atoms with Gasteiger partial charge in [-0.25, -0.2) is 4.98 Å². The summed E-state index contributed by atoms with van der Waals surface area (Å²) in [6.45, 7) is 0.786. The zero-order chi connectivity index (χ0) is 14.1. The third-order valence-electron chi connectivity index (χ3n) is 4.09. The summed E-state index contributed by atoms with van der Waals surface area (Å²) in [4.78, 5) is 6.55. The Kier molecular flexibility index (Phi) is 2.96. The SMILES string of the molecule is c1ccc2c(c1)CCc1ccccc1N2Cn1ccnc1. The molecule has 2 heterocycles. The van der Waals surface area contributed by atoms with Crippen molar-refractivity contribution in [3.05, 3.63) is 78.4 Å². The Labute approximate surface area is 124 Å². The van der Waals surface area contributed by atoms with E-state index in [4.69, 9.17) is 0 Å². The molecule has 104 valence electrons. The predicted octanol–water partition coefficient (Wildman–Crippen LogP) is 3.78. The summed E-state index contributed by atoms with van der Waals surface area (Å²) in [5, 5.41) is 0. The van der Waals surface area contributed by atoms with Gasteiger partial charge in [0.2, 0.25) is 0 Å². The van der Waals surface area contributed by atoms with Gasteiger partial charge in [0.1, 0.15) is 6.67 Å². The van der Waals surface area contributed by atoms with Crippen LogP contribution in [0.15, 0.2) is 67.3 Å². The van der Waals surface area contributed by atoms with Crippen molar-refractivity contribution in [1.82, 2.24) is 9.55 Å². The van der Waals surface area contributed by atoms with Gasteiger partial charge in [0.25, 0.3) is 0 Å². The molecule has 0 radical (unpaired) electrons. The first kappa shape index (κ1) is 12.2. The second-order valence-electron chi connectivity index (χ2n) is 5.40. The lowest BCUT2D eigenvalue weighted by atomic mass is 10.0. The fourth-order valence-electron chi connectivity index (χ4n) is 3.06. The molecule has 1 aliphatic heterocycles. The van der Waals surface area contributed by atoms with Gasteiger partial charge < -0.3 is 9.47 Å². The minimum atomic E-state index is 0.786. The van der Waals surface area contributed by atoms with Gasteiger partial charge in [-0.1, -0.05) is 36.4 Å².